The molecule has 1 aliphatic heterocycles. The van der Waals surface area contributed by atoms with Crippen molar-refractivity contribution in [3.05, 3.63) is 36.2 Å². The van der Waals surface area contributed by atoms with Crippen LogP contribution in [-0.2, 0) is 11.8 Å². The number of nitrogens with one attached hydrogen (secondary N) is 3. The van der Waals surface area contributed by atoms with Crippen LogP contribution in [0.5, 0.6) is 11.5 Å². The van der Waals surface area contributed by atoms with E-state index in [4.69, 9.17) is 14.2 Å². The summed E-state index contributed by atoms with van der Waals surface area (Å²) >= 11 is 0. The summed E-state index contributed by atoms with van der Waals surface area (Å²) in [4.78, 5) is 12.2. The van der Waals surface area contributed by atoms with Crippen LogP contribution in [0.2, 0.25) is 0 Å². The van der Waals surface area contributed by atoms with Gasteiger partial charge in [0.1, 0.15) is 30.7 Å². The van der Waals surface area contributed by atoms with Crippen molar-refractivity contribution in [3.63, 3.8) is 0 Å². The Hall–Kier alpha value is -4.30. The molecule has 4 heterocycles. The Morgan fingerprint density at radius 2 is 2.06 bits per heavy atom. The number of anilines is 3. The molecule has 4 aromatic rings. The molecule has 0 atom stereocenters. The molecule has 0 spiro atoms. The van der Waals surface area contributed by atoms with Crippen molar-refractivity contribution in [3.8, 4) is 28.8 Å². The summed E-state index contributed by atoms with van der Waals surface area (Å²) in [5.41, 5.74) is 3.31. The first-order chi connectivity index (χ1) is 16.2. The Bertz CT molecular complexity index is 1350. The maximum absolute atomic E-state index is 9.45. The number of nitriles is 1. The first-order valence-electron chi connectivity index (χ1n) is 10.4. The SMILES string of the molecule is COCCNc1nc(Nc2ccc(-c3ccn(C)n3)c3c2OCCO3)nc2[nH]cc(C#N)c12. The van der Waals surface area contributed by atoms with E-state index in [0.29, 0.717) is 71.9 Å². The van der Waals surface area contributed by atoms with Gasteiger partial charge in [0.25, 0.3) is 0 Å². The molecule has 1 aromatic carbocycles. The van der Waals surface area contributed by atoms with Crippen LogP contribution in [0.4, 0.5) is 17.5 Å². The number of nitrogens with zero attached hydrogens (tertiary/aromatic N) is 5. The van der Waals surface area contributed by atoms with Crippen LogP contribution in [0.3, 0.4) is 0 Å². The van der Waals surface area contributed by atoms with E-state index < -0.39 is 0 Å². The summed E-state index contributed by atoms with van der Waals surface area (Å²) in [6.45, 7) is 1.91. The molecule has 3 N–H and O–H groups in total. The van der Waals surface area contributed by atoms with Gasteiger partial charge in [-0.15, -0.1) is 0 Å². The Labute approximate surface area is 189 Å². The van der Waals surface area contributed by atoms with Crippen molar-refractivity contribution >= 4 is 28.5 Å². The second-order valence-electron chi connectivity index (χ2n) is 7.37. The largest absolute Gasteiger partial charge is 0.485 e. The summed E-state index contributed by atoms with van der Waals surface area (Å²) in [5.74, 6) is 2.08. The lowest BCUT2D eigenvalue weighted by atomic mass is 10.1. The zero-order chi connectivity index (χ0) is 22.8. The molecule has 5 rings (SSSR count). The summed E-state index contributed by atoms with van der Waals surface area (Å²) < 4.78 is 18.8. The second-order valence-corrected chi connectivity index (χ2v) is 7.37. The van der Waals surface area contributed by atoms with E-state index in [1.54, 1.807) is 18.0 Å². The van der Waals surface area contributed by atoms with Crippen LogP contribution in [-0.4, -0.2) is 58.2 Å². The van der Waals surface area contributed by atoms with Crippen LogP contribution < -0.4 is 20.1 Å². The number of aryl methyl sites for hydroxylation is 1. The molecular formula is C22H22N8O3. The fraction of sp³-hybridized carbons (Fsp3) is 0.273. The molecule has 3 aromatic heterocycles. The predicted molar refractivity (Wildman–Crippen MR) is 122 cm³/mol. The number of H-pyrrole nitrogens is 1. The monoisotopic (exact) mass is 446 g/mol. The van der Waals surface area contributed by atoms with E-state index in [0.717, 1.165) is 11.3 Å². The summed E-state index contributed by atoms with van der Waals surface area (Å²) in [6.07, 6.45) is 3.50. The maximum Gasteiger partial charge on any atom is 0.231 e. The normalized spacial score (nSPS) is 12.5. The Morgan fingerprint density at radius 3 is 2.82 bits per heavy atom. The molecule has 0 unspecified atom stereocenters. The molecule has 1 aliphatic rings. The number of fused-ring (bicyclic) bond motifs is 2. The van der Waals surface area contributed by atoms with E-state index in [9.17, 15) is 5.26 Å². The van der Waals surface area contributed by atoms with E-state index in [1.165, 1.54) is 0 Å². The van der Waals surface area contributed by atoms with Gasteiger partial charge >= 0.3 is 0 Å². The third-order valence-corrected chi connectivity index (χ3v) is 5.17. The number of aromatic amines is 1. The lowest BCUT2D eigenvalue weighted by Crippen LogP contribution is -2.17. The standard InChI is InChI=1S/C22H22N8O3/c1-30-7-5-15(29-30)14-3-4-16(19-18(14)32-9-10-33-19)26-22-27-20(24-6-8-31-2)17-13(11-23)12-25-21(17)28-22/h3-5,7,12H,6,8-10H2,1-2H3,(H3,24,25,26,27,28). The molecule has 0 bridgehead atoms. The van der Waals surface area contributed by atoms with Gasteiger partial charge in [0.15, 0.2) is 11.5 Å². The molecular weight excluding hydrogens is 424 g/mol. The zero-order valence-electron chi connectivity index (χ0n) is 18.2. The molecule has 0 aliphatic carbocycles. The number of hydrogen-bond acceptors (Lipinski definition) is 9. The highest BCUT2D eigenvalue weighted by molar-refractivity contribution is 5.94. The molecule has 0 radical (unpaired) electrons. The maximum atomic E-state index is 9.45. The Morgan fingerprint density at radius 1 is 1.21 bits per heavy atom. The molecule has 0 amide bonds. The van der Waals surface area contributed by atoms with Crippen molar-refractivity contribution < 1.29 is 14.2 Å². The fourth-order valence-electron chi connectivity index (χ4n) is 3.69. The van der Waals surface area contributed by atoms with Crippen LogP contribution in [0.25, 0.3) is 22.3 Å². The topological polar surface area (TPSA) is 135 Å². The number of methoxy groups -OCH3 is 1. The van der Waals surface area contributed by atoms with Gasteiger partial charge in [0.05, 0.1) is 28.9 Å². The molecule has 11 heteroatoms. The van der Waals surface area contributed by atoms with Crippen molar-refractivity contribution in [2.24, 2.45) is 7.05 Å². The lowest BCUT2D eigenvalue weighted by molar-refractivity contribution is 0.173. The highest BCUT2D eigenvalue weighted by Gasteiger charge is 2.23. The predicted octanol–water partition coefficient (Wildman–Crippen LogP) is 2.80. The molecule has 0 fully saturated rings. The lowest BCUT2D eigenvalue weighted by Gasteiger charge is -2.23. The minimum absolute atomic E-state index is 0.343. The van der Waals surface area contributed by atoms with Crippen LogP contribution in [0, 0.1) is 11.3 Å². The minimum atomic E-state index is 0.343. The quantitative estimate of drug-likeness (QED) is 0.366. The first-order valence-corrected chi connectivity index (χ1v) is 10.4. The van der Waals surface area contributed by atoms with Gasteiger partial charge in [-0.25, -0.2) is 0 Å². The van der Waals surface area contributed by atoms with Gasteiger partial charge in [-0.2, -0.15) is 20.3 Å². The second kappa shape index (κ2) is 8.68. The molecule has 0 saturated heterocycles. The van der Waals surface area contributed by atoms with E-state index in [1.807, 2.05) is 31.4 Å². The number of rotatable bonds is 7. The van der Waals surface area contributed by atoms with Gasteiger partial charge in [0.2, 0.25) is 5.95 Å². The Balaban J connectivity index is 1.54. The summed E-state index contributed by atoms with van der Waals surface area (Å²) in [7, 11) is 3.49. The van der Waals surface area contributed by atoms with Gasteiger partial charge < -0.3 is 29.8 Å². The number of hydrogen-bond donors (Lipinski definition) is 3. The first kappa shape index (κ1) is 20.6. The smallest absolute Gasteiger partial charge is 0.231 e. The highest BCUT2D eigenvalue weighted by Crippen LogP contribution is 2.45. The number of benzene rings is 1. The van der Waals surface area contributed by atoms with Crippen molar-refractivity contribution in [2.45, 2.75) is 0 Å². The van der Waals surface area contributed by atoms with E-state index >= 15 is 0 Å². The van der Waals surface area contributed by atoms with Gasteiger partial charge in [-0.05, 0) is 18.2 Å². The van der Waals surface area contributed by atoms with Gasteiger partial charge in [-0.1, -0.05) is 0 Å². The van der Waals surface area contributed by atoms with Crippen LogP contribution in [0.1, 0.15) is 5.56 Å². The molecule has 33 heavy (non-hydrogen) atoms. The van der Waals surface area contributed by atoms with E-state index in [-0.39, 0.29) is 0 Å². The average Bonchev–Trinajstić information content (AvgIpc) is 3.45. The van der Waals surface area contributed by atoms with Crippen molar-refractivity contribution in [1.29, 1.82) is 5.26 Å². The highest BCUT2D eigenvalue weighted by atomic mass is 16.6. The number of aromatic nitrogens is 5. The minimum Gasteiger partial charge on any atom is -0.485 e. The molecule has 168 valence electrons. The number of ether oxygens (including phenoxy) is 3. The summed E-state index contributed by atoms with van der Waals surface area (Å²) in [5, 5.41) is 21.0. The van der Waals surface area contributed by atoms with Gasteiger partial charge in [0, 0.05) is 38.7 Å². The van der Waals surface area contributed by atoms with E-state index in [2.05, 4.69) is 36.8 Å². The Kier molecular flexibility index (Phi) is 5.42. The van der Waals surface area contributed by atoms with Crippen LogP contribution >= 0.6 is 0 Å². The van der Waals surface area contributed by atoms with Crippen molar-refractivity contribution in [1.82, 2.24) is 24.7 Å². The third-order valence-electron chi connectivity index (χ3n) is 5.17. The third kappa shape index (κ3) is 3.88. The van der Waals surface area contributed by atoms with Gasteiger partial charge in [-0.3, -0.25) is 4.68 Å². The van der Waals surface area contributed by atoms with Crippen molar-refractivity contribution in [2.75, 3.05) is 44.1 Å². The molecule has 0 saturated carbocycles. The fourth-order valence-corrected chi connectivity index (χ4v) is 3.69. The zero-order valence-corrected chi connectivity index (χ0v) is 18.2. The molecule has 11 nitrogen and oxygen atoms in total. The summed E-state index contributed by atoms with van der Waals surface area (Å²) in [6, 6.07) is 7.91. The van der Waals surface area contributed by atoms with Crippen LogP contribution in [0.15, 0.2) is 30.6 Å². The average molecular weight is 446 g/mol.